The quantitative estimate of drug-likeness (QED) is 0.597. The van der Waals surface area contributed by atoms with Gasteiger partial charge in [-0.25, -0.2) is 4.68 Å². The summed E-state index contributed by atoms with van der Waals surface area (Å²) in [5, 5.41) is 16.2. The molecule has 0 bridgehead atoms. The minimum absolute atomic E-state index is 0.663. The molecule has 0 amide bonds. The van der Waals surface area contributed by atoms with E-state index in [1.807, 2.05) is 10.7 Å². The van der Waals surface area contributed by atoms with Gasteiger partial charge in [0, 0.05) is 12.3 Å². The largest absolute Gasteiger partial charge is 0.315 e. The fourth-order valence-corrected chi connectivity index (χ4v) is 2.60. The number of nitrogens with one attached hydrogen (secondary N) is 1. The van der Waals surface area contributed by atoms with Gasteiger partial charge in [0.15, 0.2) is 0 Å². The Kier molecular flexibility index (Phi) is 6.01. The van der Waals surface area contributed by atoms with Crippen LogP contribution in [-0.2, 0) is 12.3 Å². The molecule has 6 heteroatoms. The Morgan fingerprint density at radius 1 is 1.25 bits per heavy atom. The zero-order valence-corrected chi connectivity index (χ0v) is 12.8. The molecular formula is C14H21N5S. The van der Waals surface area contributed by atoms with Crippen LogP contribution in [0.2, 0.25) is 0 Å². The average Bonchev–Trinajstić information content (AvgIpc) is 2.90. The molecule has 0 saturated heterocycles. The summed E-state index contributed by atoms with van der Waals surface area (Å²) in [5.41, 5.74) is 1.28. The van der Waals surface area contributed by atoms with Crippen LogP contribution in [0.15, 0.2) is 35.5 Å². The Balaban J connectivity index is 1.79. The van der Waals surface area contributed by atoms with E-state index < -0.39 is 0 Å². The van der Waals surface area contributed by atoms with Crippen molar-refractivity contribution >= 4 is 11.8 Å². The highest BCUT2D eigenvalue weighted by molar-refractivity contribution is 7.98. The van der Waals surface area contributed by atoms with Gasteiger partial charge in [-0.05, 0) is 28.5 Å². The second kappa shape index (κ2) is 8.01. The fraction of sp³-hybridized carbons (Fsp3) is 0.500. The van der Waals surface area contributed by atoms with Gasteiger partial charge in [0.05, 0.1) is 6.54 Å². The molecule has 0 aliphatic heterocycles. The normalized spacial score (nSPS) is 11.2. The molecule has 2 rings (SSSR count). The van der Waals surface area contributed by atoms with Crippen LogP contribution in [0, 0.1) is 5.92 Å². The van der Waals surface area contributed by atoms with Crippen LogP contribution in [0.25, 0.3) is 0 Å². The molecule has 108 valence electrons. The van der Waals surface area contributed by atoms with Crippen molar-refractivity contribution in [2.24, 2.45) is 5.92 Å². The van der Waals surface area contributed by atoms with Crippen molar-refractivity contribution in [2.45, 2.75) is 31.3 Å². The van der Waals surface area contributed by atoms with Crippen molar-refractivity contribution in [1.29, 1.82) is 0 Å². The third-order valence-corrected chi connectivity index (χ3v) is 3.79. The molecule has 0 atom stereocenters. The number of aromatic nitrogens is 4. The second-order valence-electron chi connectivity index (χ2n) is 5.06. The molecule has 2 aromatic rings. The number of hydrogen-bond acceptors (Lipinski definition) is 5. The van der Waals surface area contributed by atoms with Crippen molar-refractivity contribution in [3.05, 3.63) is 35.9 Å². The van der Waals surface area contributed by atoms with Gasteiger partial charge in [0.1, 0.15) is 0 Å². The van der Waals surface area contributed by atoms with Gasteiger partial charge in [-0.15, -0.1) is 5.10 Å². The van der Waals surface area contributed by atoms with E-state index >= 15 is 0 Å². The van der Waals surface area contributed by atoms with Gasteiger partial charge >= 0.3 is 0 Å². The third-order valence-electron chi connectivity index (χ3n) is 2.76. The maximum atomic E-state index is 4.08. The first-order valence-electron chi connectivity index (χ1n) is 6.89. The second-order valence-corrected chi connectivity index (χ2v) is 6.00. The van der Waals surface area contributed by atoms with Crippen molar-refractivity contribution in [1.82, 2.24) is 25.5 Å². The van der Waals surface area contributed by atoms with Crippen molar-refractivity contribution in [2.75, 3.05) is 13.1 Å². The highest BCUT2D eigenvalue weighted by Crippen LogP contribution is 2.19. The predicted octanol–water partition coefficient (Wildman–Crippen LogP) is 2.21. The molecule has 0 aliphatic rings. The molecule has 5 nitrogen and oxygen atoms in total. The molecule has 20 heavy (non-hydrogen) atoms. The predicted molar refractivity (Wildman–Crippen MR) is 81.5 cm³/mol. The summed E-state index contributed by atoms with van der Waals surface area (Å²) in [5.74, 6) is 1.55. The van der Waals surface area contributed by atoms with Gasteiger partial charge < -0.3 is 5.32 Å². The zero-order valence-electron chi connectivity index (χ0n) is 12.0. The van der Waals surface area contributed by atoms with E-state index in [4.69, 9.17) is 0 Å². The minimum atomic E-state index is 0.663. The summed E-state index contributed by atoms with van der Waals surface area (Å²) in [7, 11) is 0. The Morgan fingerprint density at radius 3 is 2.80 bits per heavy atom. The van der Waals surface area contributed by atoms with Crippen molar-refractivity contribution in [3.8, 4) is 0 Å². The lowest BCUT2D eigenvalue weighted by molar-refractivity contribution is 0.482. The number of benzene rings is 1. The summed E-state index contributed by atoms with van der Waals surface area (Å²) in [6.07, 6.45) is 0. The molecule has 0 saturated carbocycles. The van der Waals surface area contributed by atoms with Gasteiger partial charge in [-0.1, -0.05) is 55.9 Å². The smallest absolute Gasteiger partial charge is 0.209 e. The topological polar surface area (TPSA) is 55.6 Å². The lowest BCUT2D eigenvalue weighted by Gasteiger charge is -2.08. The van der Waals surface area contributed by atoms with Crippen LogP contribution in [0.3, 0.4) is 0 Å². The van der Waals surface area contributed by atoms with Crippen LogP contribution in [0.1, 0.15) is 19.4 Å². The maximum Gasteiger partial charge on any atom is 0.209 e. The van der Waals surface area contributed by atoms with E-state index in [-0.39, 0.29) is 0 Å². The lowest BCUT2D eigenvalue weighted by atomic mass is 10.2. The third kappa shape index (κ3) is 4.94. The highest BCUT2D eigenvalue weighted by Gasteiger charge is 2.06. The summed E-state index contributed by atoms with van der Waals surface area (Å²) < 4.78 is 1.86. The number of thioether (sulfide) groups is 1. The van der Waals surface area contributed by atoms with Crippen molar-refractivity contribution < 1.29 is 0 Å². The number of rotatable bonds is 8. The summed E-state index contributed by atoms with van der Waals surface area (Å²) in [6.45, 7) is 7.11. The van der Waals surface area contributed by atoms with Gasteiger partial charge in [0.25, 0.3) is 0 Å². The lowest BCUT2D eigenvalue weighted by Crippen LogP contribution is -2.24. The molecule has 1 aromatic carbocycles. The van der Waals surface area contributed by atoms with E-state index in [0.717, 1.165) is 30.5 Å². The van der Waals surface area contributed by atoms with Gasteiger partial charge in [-0.3, -0.25) is 0 Å². The zero-order chi connectivity index (χ0) is 14.2. The van der Waals surface area contributed by atoms with E-state index in [2.05, 4.69) is 59.0 Å². The van der Waals surface area contributed by atoms with E-state index in [0.29, 0.717) is 5.92 Å². The molecule has 0 aliphatic carbocycles. The van der Waals surface area contributed by atoms with Crippen molar-refractivity contribution in [3.63, 3.8) is 0 Å². The Labute approximate surface area is 124 Å². The number of tetrazole rings is 1. The standard InChI is InChI=1S/C14H21N5S/c1-12(2)10-15-8-9-19-14(16-17-18-19)20-11-13-6-4-3-5-7-13/h3-7,12,15H,8-11H2,1-2H3. The van der Waals surface area contributed by atoms with Gasteiger partial charge in [0.2, 0.25) is 5.16 Å². The minimum Gasteiger partial charge on any atom is -0.315 e. The fourth-order valence-electron chi connectivity index (χ4n) is 1.74. The van der Waals surface area contributed by atoms with E-state index in [1.165, 1.54) is 5.56 Å². The summed E-state index contributed by atoms with van der Waals surface area (Å²) in [6, 6.07) is 10.4. The summed E-state index contributed by atoms with van der Waals surface area (Å²) >= 11 is 1.67. The molecule has 1 aromatic heterocycles. The van der Waals surface area contributed by atoms with Crippen LogP contribution in [0.5, 0.6) is 0 Å². The molecule has 1 N–H and O–H groups in total. The van der Waals surface area contributed by atoms with Gasteiger partial charge in [-0.2, -0.15) is 0 Å². The Morgan fingerprint density at radius 2 is 2.05 bits per heavy atom. The Bertz CT molecular complexity index is 497. The molecule has 0 spiro atoms. The molecule has 1 heterocycles. The highest BCUT2D eigenvalue weighted by atomic mass is 32.2. The monoisotopic (exact) mass is 291 g/mol. The first-order chi connectivity index (χ1) is 9.75. The number of nitrogens with zero attached hydrogens (tertiary/aromatic N) is 4. The maximum absolute atomic E-state index is 4.08. The molecular weight excluding hydrogens is 270 g/mol. The molecule has 0 unspecified atom stereocenters. The number of hydrogen-bond donors (Lipinski definition) is 1. The SMILES string of the molecule is CC(C)CNCCn1nnnc1SCc1ccccc1. The first kappa shape index (κ1) is 15.0. The van der Waals surface area contributed by atoms with Crippen LogP contribution >= 0.6 is 11.8 Å². The van der Waals surface area contributed by atoms with E-state index in [1.54, 1.807) is 11.8 Å². The van der Waals surface area contributed by atoms with Crippen LogP contribution in [-0.4, -0.2) is 33.3 Å². The van der Waals surface area contributed by atoms with Crippen LogP contribution < -0.4 is 5.32 Å². The molecule has 0 radical (unpaired) electrons. The first-order valence-corrected chi connectivity index (χ1v) is 7.88. The van der Waals surface area contributed by atoms with E-state index in [9.17, 15) is 0 Å². The summed E-state index contributed by atoms with van der Waals surface area (Å²) in [4.78, 5) is 0. The Hall–Kier alpha value is -1.40. The van der Waals surface area contributed by atoms with Crippen LogP contribution in [0.4, 0.5) is 0 Å². The average molecular weight is 291 g/mol. The molecule has 0 fully saturated rings.